The van der Waals surface area contributed by atoms with E-state index >= 15 is 0 Å². The Hall–Kier alpha value is -3.01. The molecule has 3 N–H and O–H groups in total. The smallest absolute Gasteiger partial charge is 0.310 e. The molecule has 3 aliphatic rings. The van der Waals surface area contributed by atoms with Gasteiger partial charge in [-0.2, -0.15) is 0 Å². The molecule has 2 saturated heterocycles. The molecule has 7 nitrogen and oxygen atoms in total. The van der Waals surface area contributed by atoms with Gasteiger partial charge in [0.25, 0.3) is 11.8 Å². The van der Waals surface area contributed by atoms with Crippen molar-refractivity contribution in [1.82, 2.24) is 10.2 Å². The number of aliphatic carboxylic acids is 1. The van der Waals surface area contributed by atoms with Crippen molar-refractivity contribution < 1.29 is 28.3 Å². The van der Waals surface area contributed by atoms with E-state index in [0.717, 1.165) is 11.1 Å². The molecule has 0 radical (unpaired) electrons. The van der Waals surface area contributed by atoms with Crippen LogP contribution in [0.15, 0.2) is 48.6 Å². The molecule has 48 heavy (non-hydrogen) atoms. The lowest BCUT2D eigenvalue weighted by Gasteiger charge is -2.35. The molecule has 11 heteroatoms. The maximum atomic E-state index is 15.0. The second-order valence-electron chi connectivity index (χ2n) is 16.1. The van der Waals surface area contributed by atoms with Crippen LogP contribution in [-0.2, 0) is 30.8 Å². The number of carboxylic acids is 1. The van der Waals surface area contributed by atoms with Crippen molar-refractivity contribution >= 4 is 46.7 Å². The average Bonchev–Trinajstić information content (AvgIpc) is 3.52. The van der Waals surface area contributed by atoms with Crippen LogP contribution >= 0.6 is 23.2 Å². The first-order chi connectivity index (χ1) is 21.8. The lowest BCUT2D eigenvalue weighted by atomic mass is 9.73. The Kier molecular flexibility index (Phi) is 10.0. The molecule has 0 aliphatic carbocycles. The molecule has 2 aromatic carbocycles. The van der Waals surface area contributed by atoms with Crippen molar-refractivity contribution in [2.45, 2.75) is 97.1 Å². The van der Waals surface area contributed by atoms with E-state index in [2.05, 4.69) is 71.7 Å². The summed E-state index contributed by atoms with van der Waals surface area (Å²) in [6.07, 6.45) is -0.759. The molecule has 0 saturated carbocycles. The van der Waals surface area contributed by atoms with Crippen LogP contribution in [0.4, 0.5) is 14.5 Å². The van der Waals surface area contributed by atoms with E-state index in [9.17, 15) is 28.3 Å². The van der Waals surface area contributed by atoms with Gasteiger partial charge >= 0.3 is 5.97 Å². The van der Waals surface area contributed by atoms with Gasteiger partial charge in [0.2, 0.25) is 5.91 Å². The zero-order valence-electron chi connectivity index (χ0n) is 29.2. The number of nitrogens with zero attached hydrogens (tertiary/aromatic N) is 1. The fourth-order valence-corrected chi connectivity index (χ4v) is 7.27. The number of halogens is 4. The van der Waals surface area contributed by atoms with Gasteiger partial charge in [-0.25, -0.2) is 8.78 Å². The van der Waals surface area contributed by atoms with Gasteiger partial charge in [0.05, 0.1) is 23.2 Å². The number of alkyl halides is 2. The zero-order valence-corrected chi connectivity index (χ0v) is 30.7. The summed E-state index contributed by atoms with van der Waals surface area (Å²) in [6.45, 7) is 21.8. The Morgan fingerprint density at radius 1 is 1.06 bits per heavy atom. The van der Waals surface area contributed by atoms with Crippen LogP contribution in [0.3, 0.4) is 0 Å². The topological polar surface area (TPSA) is 98.7 Å². The molecule has 2 amide bonds. The normalized spacial score (nSPS) is 24.8. The fourth-order valence-electron chi connectivity index (χ4n) is 6.73. The molecule has 0 aromatic heterocycles. The third-order valence-electron chi connectivity index (χ3n) is 10.1. The second kappa shape index (κ2) is 12.7. The molecule has 2 aromatic rings. The fraction of sp³-hybridized carbons (Fsp3) is 0.541. The summed E-state index contributed by atoms with van der Waals surface area (Å²) < 4.78 is 29.9. The van der Waals surface area contributed by atoms with Crippen LogP contribution < -0.4 is 10.6 Å². The van der Waals surface area contributed by atoms with Crippen LogP contribution in [0.25, 0.3) is 0 Å². The second-order valence-corrected chi connectivity index (χ2v) is 16.9. The van der Waals surface area contributed by atoms with Crippen LogP contribution in [0.2, 0.25) is 10.0 Å². The number of carbonyl (C=O) groups excluding carboxylic acids is 2. The minimum absolute atomic E-state index is 0.0523. The minimum atomic E-state index is -3.24. The first-order valence-electron chi connectivity index (χ1n) is 16.1. The van der Waals surface area contributed by atoms with E-state index < -0.39 is 65.5 Å². The van der Waals surface area contributed by atoms with Crippen LogP contribution in [0.5, 0.6) is 0 Å². The molecule has 5 rings (SSSR count). The summed E-state index contributed by atoms with van der Waals surface area (Å²) in [6, 6.07) is 9.56. The Bertz CT molecular complexity index is 1650. The quantitative estimate of drug-likeness (QED) is 0.273. The third-order valence-corrected chi connectivity index (χ3v) is 10.6. The first-order valence-corrected chi connectivity index (χ1v) is 16.8. The number of carbonyl (C=O) groups is 3. The van der Waals surface area contributed by atoms with E-state index in [1.807, 2.05) is 32.0 Å². The van der Waals surface area contributed by atoms with Gasteiger partial charge in [0.15, 0.2) is 0 Å². The predicted molar refractivity (Wildman–Crippen MR) is 187 cm³/mol. The van der Waals surface area contributed by atoms with Gasteiger partial charge in [-0.1, -0.05) is 115 Å². The van der Waals surface area contributed by atoms with Gasteiger partial charge < -0.3 is 15.7 Å². The number of hydrogen-bond acceptors (Lipinski definition) is 4. The van der Waals surface area contributed by atoms with Crippen molar-refractivity contribution in [3.63, 3.8) is 0 Å². The third kappa shape index (κ3) is 6.88. The maximum Gasteiger partial charge on any atom is 0.310 e. The summed E-state index contributed by atoms with van der Waals surface area (Å²) in [5.41, 5.74) is 1.08. The van der Waals surface area contributed by atoms with Gasteiger partial charge in [0, 0.05) is 35.0 Å². The Morgan fingerprint density at radius 3 is 2.19 bits per heavy atom. The summed E-state index contributed by atoms with van der Waals surface area (Å²) in [5, 5.41) is 16.1. The SMILES string of the molecule is C=C(C)C(C)(C)C.CC(C)(C)c1cccc(C(C)(C)CNC(=O)C2C3CC(F)(F)CN3C3(C(=O)Nc4c(Cl)cc(Cl)cc43)C2C(=O)O)c1. The number of carboxylic acid groups (broad SMARTS) is 1. The summed E-state index contributed by atoms with van der Waals surface area (Å²) in [5.74, 6) is -9.30. The molecule has 0 bridgehead atoms. The van der Waals surface area contributed by atoms with Gasteiger partial charge in [-0.05, 0) is 41.0 Å². The van der Waals surface area contributed by atoms with Gasteiger partial charge in [0.1, 0.15) is 11.5 Å². The standard InChI is InChI=1S/C30H33Cl2F2N3O4.C7H14/c1-27(2,3)15-7-6-8-16(9-15)28(4,5)13-35-24(38)21-20-12-29(33,34)14-37(20)30(22(21)25(39)40)18-10-17(31)11-19(32)23(18)36-26(30)41;1-6(2)7(3,4)5/h6-11,20-22H,12-14H2,1-5H3,(H,35,38)(H,36,41)(H,39,40);1H2,2-5H3. The van der Waals surface area contributed by atoms with Crippen LogP contribution in [0, 0.1) is 17.3 Å². The first kappa shape index (κ1) is 37.8. The van der Waals surface area contributed by atoms with E-state index in [1.165, 1.54) is 22.6 Å². The monoisotopic (exact) mass is 705 g/mol. The lowest BCUT2D eigenvalue weighted by molar-refractivity contribution is -0.154. The van der Waals surface area contributed by atoms with Gasteiger partial charge in [-0.15, -0.1) is 0 Å². The van der Waals surface area contributed by atoms with Crippen molar-refractivity contribution in [3.8, 4) is 0 Å². The average molecular weight is 707 g/mol. The van der Waals surface area contributed by atoms with E-state index in [1.54, 1.807) is 0 Å². The molecule has 4 atom stereocenters. The Balaban J connectivity index is 0.000000671. The minimum Gasteiger partial charge on any atom is -0.481 e. The number of nitrogens with one attached hydrogen (secondary N) is 2. The summed E-state index contributed by atoms with van der Waals surface area (Å²) in [4.78, 5) is 41.6. The highest BCUT2D eigenvalue weighted by Gasteiger charge is 2.74. The molecule has 262 valence electrons. The number of anilines is 1. The van der Waals surface area contributed by atoms with Crippen molar-refractivity contribution in [1.29, 1.82) is 0 Å². The van der Waals surface area contributed by atoms with Crippen molar-refractivity contribution in [2.75, 3.05) is 18.4 Å². The van der Waals surface area contributed by atoms with Crippen molar-refractivity contribution in [3.05, 3.63) is 75.3 Å². The van der Waals surface area contributed by atoms with Crippen molar-refractivity contribution in [2.24, 2.45) is 17.3 Å². The number of amides is 2. The number of benzene rings is 2. The summed E-state index contributed by atoms with van der Waals surface area (Å²) >= 11 is 12.6. The molecule has 4 unspecified atom stereocenters. The molecule has 3 heterocycles. The number of fused-ring (bicyclic) bond motifs is 4. The Morgan fingerprint density at radius 2 is 1.65 bits per heavy atom. The number of hydrogen-bond donors (Lipinski definition) is 3. The highest BCUT2D eigenvalue weighted by Crippen LogP contribution is 2.61. The Labute approximate surface area is 292 Å². The highest BCUT2D eigenvalue weighted by atomic mass is 35.5. The maximum absolute atomic E-state index is 15.0. The zero-order chi connectivity index (χ0) is 36.4. The van der Waals surface area contributed by atoms with E-state index in [4.69, 9.17) is 23.2 Å². The van der Waals surface area contributed by atoms with Gasteiger partial charge in [-0.3, -0.25) is 19.3 Å². The predicted octanol–water partition coefficient (Wildman–Crippen LogP) is 8.18. The molecular formula is C37H47Cl2F2N3O4. The molecule has 2 fully saturated rings. The van der Waals surface area contributed by atoms with Crippen LogP contribution in [-0.4, -0.2) is 52.8 Å². The summed E-state index contributed by atoms with van der Waals surface area (Å²) in [7, 11) is 0. The molecular weight excluding hydrogens is 659 g/mol. The number of rotatable bonds is 5. The lowest BCUT2D eigenvalue weighted by Crippen LogP contribution is -2.54. The van der Waals surface area contributed by atoms with E-state index in [0.29, 0.717) is 5.41 Å². The molecule has 1 spiro atoms. The molecule has 3 aliphatic heterocycles. The highest BCUT2D eigenvalue weighted by molar-refractivity contribution is 6.38. The van der Waals surface area contributed by atoms with E-state index in [-0.39, 0.29) is 33.3 Å². The number of allylic oxidation sites excluding steroid dienone is 1. The van der Waals surface area contributed by atoms with Crippen LogP contribution in [0.1, 0.15) is 85.4 Å². The largest absolute Gasteiger partial charge is 0.481 e.